The second kappa shape index (κ2) is 8.19. The molecule has 0 amide bonds. The molecule has 5 aromatic rings. The number of fused-ring (bicyclic) bond motifs is 2. The number of hydrogen-bond acceptors (Lipinski definition) is 5. The van der Waals surface area contributed by atoms with Crippen LogP contribution in [0.1, 0.15) is 11.1 Å². The molecule has 34 heavy (non-hydrogen) atoms. The molecule has 1 aromatic carbocycles. The highest BCUT2D eigenvalue weighted by Crippen LogP contribution is 2.35. The van der Waals surface area contributed by atoms with Crippen LogP contribution in [0.5, 0.6) is 0 Å². The van der Waals surface area contributed by atoms with Gasteiger partial charge in [0.15, 0.2) is 0 Å². The summed E-state index contributed by atoms with van der Waals surface area (Å²) in [5.74, 6) is 2.57. The number of aromatic nitrogens is 2. The van der Waals surface area contributed by atoms with E-state index in [9.17, 15) is 0 Å². The molecule has 7 heteroatoms. The highest BCUT2D eigenvalue weighted by Gasteiger charge is 2.27. The first kappa shape index (κ1) is 20.2. The first-order chi connectivity index (χ1) is 16.7. The van der Waals surface area contributed by atoms with Crippen molar-refractivity contribution in [3.63, 3.8) is 0 Å². The number of anilines is 2. The topological polar surface area (TPSA) is 62.7 Å². The first-order valence-electron chi connectivity index (χ1n) is 11.2. The van der Waals surface area contributed by atoms with Gasteiger partial charge in [0, 0.05) is 23.9 Å². The number of benzene rings is 1. The van der Waals surface area contributed by atoms with Gasteiger partial charge >= 0.3 is 0 Å². The molecule has 0 radical (unpaired) electrons. The minimum Gasteiger partial charge on any atom is -0.433 e. The Balaban J connectivity index is 1.35. The van der Waals surface area contributed by atoms with Crippen LogP contribution in [0.4, 0.5) is 17.3 Å². The molecule has 0 aliphatic carbocycles. The van der Waals surface area contributed by atoms with Crippen molar-refractivity contribution in [3.8, 4) is 11.3 Å². The van der Waals surface area contributed by atoms with E-state index in [0.29, 0.717) is 12.4 Å². The molecule has 168 valence electrons. The van der Waals surface area contributed by atoms with E-state index in [1.165, 1.54) is 11.4 Å². The molecule has 1 aliphatic rings. The Morgan fingerprint density at radius 2 is 2.00 bits per heavy atom. The molecule has 0 unspecified atom stereocenters. The third-order valence-corrected chi connectivity index (χ3v) is 6.20. The van der Waals surface area contributed by atoms with Crippen molar-refractivity contribution in [3.05, 3.63) is 84.4 Å². The van der Waals surface area contributed by atoms with Crippen LogP contribution in [0.3, 0.4) is 0 Å². The maximum Gasteiger partial charge on any atom is 0.297 e. The van der Waals surface area contributed by atoms with Gasteiger partial charge in [-0.05, 0) is 30.3 Å². The van der Waals surface area contributed by atoms with Crippen LogP contribution in [-0.4, -0.2) is 40.3 Å². The van der Waals surface area contributed by atoms with Gasteiger partial charge in [0.05, 0.1) is 48.8 Å². The van der Waals surface area contributed by atoms with E-state index in [-0.39, 0.29) is 0 Å². The number of aryl methyl sites for hydroxylation is 1. The maximum atomic E-state index is 5.43. The third kappa shape index (κ3) is 3.42. The predicted molar refractivity (Wildman–Crippen MR) is 134 cm³/mol. The zero-order chi connectivity index (χ0) is 23.1. The Hall–Kier alpha value is -4.39. The number of aliphatic imine (C=N–C) groups is 1. The highest BCUT2D eigenvalue weighted by molar-refractivity contribution is 5.96. The fourth-order valence-corrected chi connectivity index (χ4v) is 4.58. The zero-order valence-electron chi connectivity index (χ0n) is 19.0. The van der Waals surface area contributed by atoms with Gasteiger partial charge in [-0.3, -0.25) is 4.99 Å². The first-order valence-corrected chi connectivity index (χ1v) is 11.2. The largest absolute Gasteiger partial charge is 0.433 e. The van der Waals surface area contributed by atoms with E-state index in [2.05, 4.69) is 64.8 Å². The van der Waals surface area contributed by atoms with E-state index < -0.39 is 0 Å². The van der Waals surface area contributed by atoms with Crippen molar-refractivity contribution in [1.29, 1.82) is 0 Å². The summed E-state index contributed by atoms with van der Waals surface area (Å²) in [6.07, 6.45) is 10.4. The highest BCUT2D eigenvalue weighted by atomic mass is 16.5. The van der Waals surface area contributed by atoms with Crippen LogP contribution in [0, 0.1) is 0 Å². The smallest absolute Gasteiger partial charge is 0.297 e. The number of nitrogens with zero attached hydrogens (tertiary/aromatic N) is 5. The minimum absolute atomic E-state index is 0.411. The van der Waals surface area contributed by atoms with Crippen molar-refractivity contribution >= 4 is 40.9 Å². The molecule has 0 saturated carbocycles. The summed E-state index contributed by atoms with van der Waals surface area (Å²) in [4.78, 5) is 11.9. The third-order valence-electron chi connectivity index (χ3n) is 6.20. The maximum absolute atomic E-state index is 5.43. The number of hydrogen-bond donors (Lipinski definition) is 0. The predicted octanol–water partition coefficient (Wildman–Crippen LogP) is 5.54. The molecule has 1 aliphatic heterocycles. The molecule has 7 nitrogen and oxygen atoms in total. The Kier molecular flexibility index (Phi) is 4.87. The lowest BCUT2D eigenvalue weighted by molar-refractivity contribution is -0.403. The summed E-state index contributed by atoms with van der Waals surface area (Å²) in [6.45, 7) is 0.411. The summed E-state index contributed by atoms with van der Waals surface area (Å²) in [5.41, 5.74) is 5.34. The lowest BCUT2D eigenvalue weighted by Gasteiger charge is -2.22. The van der Waals surface area contributed by atoms with Crippen LogP contribution in [0.15, 0.2) is 87.1 Å². The van der Waals surface area contributed by atoms with Crippen LogP contribution in [-0.2, 0) is 13.5 Å². The summed E-state index contributed by atoms with van der Waals surface area (Å²) < 4.78 is 15.1. The zero-order valence-corrected chi connectivity index (χ0v) is 19.0. The Bertz CT molecular complexity index is 1540. The van der Waals surface area contributed by atoms with Gasteiger partial charge < -0.3 is 13.7 Å². The lowest BCUT2D eigenvalue weighted by atomic mass is 10.1. The molecule has 4 aromatic heterocycles. The quantitative estimate of drug-likeness (QED) is 0.252. The van der Waals surface area contributed by atoms with Crippen molar-refractivity contribution in [2.75, 3.05) is 18.6 Å². The van der Waals surface area contributed by atoms with E-state index in [4.69, 9.17) is 18.8 Å². The van der Waals surface area contributed by atoms with Crippen LogP contribution in [0.25, 0.3) is 22.4 Å². The molecule has 5 heterocycles. The fourth-order valence-electron chi connectivity index (χ4n) is 4.58. The second-order valence-electron chi connectivity index (χ2n) is 8.36. The van der Waals surface area contributed by atoms with Gasteiger partial charge in [-0.1, -0.05) is 24.3 Å². The molecular formula is C27H24N5O2+. The Labute approximate surface area is 196 Å². The molecular weight excluding hydrogens is 426 g/mol. The Morgan fingerprint density at radius 1 is 1.12 bits per heavy atom. The van der Waals surface area contributed by atoms with Gasteiger partial charge in [-0.15, -0.1) is 0 Å². The van der Waals surface area contributed by atoms with Crippen LogP contribution in [0.2, 0.25) is 0 Å². The summed E-state index contributed by atoms with van der Waals surface area (Å²) in [6, 6.07) is 18.2. The van der Waals surface area contributed by atoms with Crippen LogP contribution >= 0.6 is 0 Å². The summed E-state index contributed by atoms with van der Waals surface area (Å²) >= 11 is 0. The van der Waals surface area contributed by atoms with Crippen molar-refractivity contribution in [1.82, 2.24) is 9.55 Å². The van der Waals surface area contributed by atoms with Crippen molar-refractivity contribution < 1.29 is 13.4 Å². The summed E-state index contributed by atoms with van der Waals surface area (Å²) in [7, 11) is 4.17. The Morgan fingerprint density at radius 3 is 2.88 bits per heavy atom. The van der Waals surface area contributed by atoms with Gasteiger partial charge in [-0.25, -0.2) is 14.1 Å². The monoisotopic (exact) mass is 450 g/mol. The normalized spacial score (nSPS) is 13.1. The van der Waals surface area contributed by atoms with Gasteiger partial charge in [0.25, 0.3) is 11.6 Å². The lowest BCUT2D eigenvalue weighted by Crippen LogP contribution is -2.18. The SMILES string of the molecule is Cn1cc(-c2cccc(N(C/N=C/c3coc4occc34)c3ccccc3)n2)c2c1[N+](C)=CC2. The molecule has 0 spiro atoms. The average molecular weight is 451 g/mol. The molecule has 0 bridgehead atoms. The van der Waals surface area contributed by atoms with Gasteiger partial charge in [0.2, 0.25) is 0 Å². The van der Waals surface area contributed by atoms with E-state index in [0.717, 1.165) is 40.1 Å². The molecule has 6 rings (SSSR count). The van der Waals surface area contributed by atoms with Gasteiger partial charge in [-0.2, -0.15) is 0 Å². The second-order valence-corrected chi connectivity index (χ2v) is 8.36. The number of rotatable bonds is 6. The molecule has 0 N–H and O–H groups in total. The number of para-hydroxylation sites is 1. The van der Waals surface area contributed by atoms with Crippen molar-refractivity contribution in [2.45, 2.75) is 6.42 Å². The summed E-state index contributed by atoms with van der Waals surface area (Å²) in [5, 5.41) is 0.912. The standard InChI is InChI=1S/C27H24N5O2/c1-30-13-11-22-23(16-31(2)26(22)30)24-9-6-10-25(29-24)32(20-7-4-3-5-8-20)18-28-15-19-17-34-27-21(19)12-14-33-27/h3-10,12-17H,11,18H2,1-2H3/q+1/b28-15+. The number of pyridine rings is 1. The molecule has 0 atom stereocenters. The number of furan rings is 2. The van der Waals surface area contributed by atoms with Crippen LogP contribution < -0.4 is 4.90 Å². The minimum atomic E-state index is 0.411. The van der Waals surface area contributed by atoms with E-state index >= 15 is 0 Å². The van der Waals surface area contributed by atoms with E-state index in [1.54, 1.807) is 12.5 Å². The van der Waals surface area contributed by atoms with E-state index in [1.807, 2.05) is 36.5 Å². The van der Waals surface area contributed by atoms with Gasteiger partial charge in [0.1, 0.15) is 24.9 Å². The molecule has 0 fully saturated rings. The fraction of sp³-hybridized carbons (Fsp3) is 0.148. The average Bonchev–Trinajstić information content (AvgIpc) is 3.63. The van der Waals surface area contributed by atoms with Crippen molar-refractivity contribution in [2.24, 2.45) is 12.0 Å². The molecule has 0 saturated heterocycles.